The first-order valence-corrected chi connectivity index (χ1v) is 7.39. The van der Waals surface area contributed by atoms with Crippen LogP contribution in [0.2, 0.25) is 0 Å². The van der Waals surface area contributed by atoms with Crippen LogP contribution < -0.4 is 5.32 Å². The van der Waals surface area contributed by atoms with E-state index in [0.29, 0.717) is 6.04 Å². The molecule has 2 aromatic carbocycles. The molecule has 0 saturated carbocycles. The van der Waals surface area contributed by atoms with Crippen molar-refractivity contribution in [3.8, 4) is 0 Å². The zero-order valence-corrected chi connectivity index (χ0v) is 13.0. The number of hydrogen-bond donors (Lipinski definition) is 1. The maximum Gasteiger partial charge on any atom is 0.0320 e. The second-order valence-electron chi connectivity index (χ2n) is 5.79. The van der Waals surface area contributed by atoms with Gasteiger partial charge in [-0.3, -0.25) is 0 Å². The molecule has 0 spiro atoms. The Labute approximate surface area is 123 Å². The summed E-state index contributed by atoms with van der Waals surface area (Å²) in [6.07, 6.45) is 2.24. The number of hydrogen-bond acceptors (Lipinski definition) is 1. The van der Waals surface area contributed by atoms with Gasteiger partial charge in [-0.2, -0.15) is 0 Å². The molecule has 0 aliphatic heterocycles. The number of rotatable bonds is 5. The third-order valence-corrected chi connectivity index (χ3v) is 3.80. The lowest BCUT2D eigenvalue weighted by atomic mass is 9.96. The Kier molecular flexibility index (Phi) is 4.97. The standard InChI is InChI=1S/C19H25N/c1-14-6-5-7-17(11-14)8-9-19(20-4)18-12-15(2)10-16(3)13-18/h5-7,10-13,19-20H,8-9H2,1-4H3. The van der Waals surface area contributed by atoms with Crippen LogP contribution in [0.3, 0.4) is 0 Å². The molecule has 0 fully saturated rings. The predicted octanol–water partition coefficient (Wildman–Crippen LogP) is 4.51. The van der Waals surface area contributed by atoms with Crippen molar-refractivity contribution in [3.63, 3.8) is 0 Å². The normalized spacial score (nSPS) is 12.4. The fourth-order valence-electron chi connectivity index (χ4n) is 2.87. The minimum Gasteiger partial charge on any atom is -0.313 e. The zero-order valence-electron chi connectivity index (χ0n) is 13.0. The molecule has 0 heterocycles. The maximum atomic E-state index is 3.46. The highest BCUT2D eigenvalue weighted by Crippen LogP contribution is 2.21. The third-order valence-electron chi connectivity index (χ3n) is 3.80. The Morgan fingerprint density at radius 1 is 0.900 bits per heavy atom. The SMILES string of the molecule is CNC(CCc1cccc(C)c1)c1cc(C)cc(C)c1. The van der Waals surface area contributed by atoms with Crippen molar-refractivity contribution in [1.82, 2.24) is 5.32 Å². The maximum absolute atomic E-state index is 3.46. The predicted molar refractivity (Wildman–Crippen MR) is 87.2 cm³/mol. The summed E-state index contributed by atoms with van der Waals surface area (Å²) >= 11 is 0. The van der Waals surface area contributed by atoms with E-state index in [2.05, 4.69) is 75.6 Å². The van der Waals surface area contributed by atoms with Gasteiger partial charge in [0, 0.05) is 6.04 Å². The van der Waals surface area contributed by atoms with Gasteiger partial charge in [-0.05, 0) is 51.8 Å². The Morgan fingerprint density at radius 3 is 2.20 bits per heavy atom. The minimum absolute atomic E-state index is 0.425. The van der Waals surface area contributed by atoms with Crippen LogP contribution in [0.1, 0.15) is 40.3 Å². The van der Waals surface area contributed by atoms with E-state index >= 15 is 0 Å². The first kappa shape index (κ1) is 14.8. The molecule has 1 atom stereocenters. The summed E-state index contributed by atoms with van der Waals surface area (Å²) < 4.78 is 0. The van der Waals surface area contributed by atoms with Crippen molar-refractivity contribution in [2.75, 3.05) is 7.05 Å². The highest BCUT2D eigenvalue weighted by atomic mass is 14.9. The molecule has 0 radical (unpaired) electrons. The molecule has 0 bridgehead atoms. The lowest BCUT2D eigenvalue weighted by Gasteiger charge is -2.18. The monoisotopic (exact) mass is 267 g/mol. The van der Waals surface area contributed by atoms with Crippen LogP contribution >= 0.6 is 0 Å². The van der Waals surface area contributed by atoms with Crippen LogP contribution in [-0.2, 0) is 6.42 Å². The quantitative estimate of drug-likeness (QED) is 0.840. The van der Waals surface area contributed by atoms with Crippen LogP contribution in [0.15, 0.2) is 42.5 Å². The van der Waals surface area contributed by atoms with Gasteiger partial charge < -0.3 is 5.32 Å². The molecule has 2 rings (SSSR count). The molecule has 20 heavy (non-hydrogen) atoms. The zero-order chi connectivity index (χ0) is 14.5. The molecule has 1 N–H and O–H groups in total. The average Bonchev–Trinajstić information content (AvgIpc) is 2.38. The van der Waals surface area contributed by atoms with Crippen molar-refractivity contribution in [3.05, 3.63) is 70.3 Å². The van der Waals surface area contributed by atoms with Crippen LogP contribution in [0, 0.1) is 20.8 Å². The van der Waals surface area contributed by atoms with Gasteiger partial charge in [0.05, 0.1) is 0 Å². The lowest BCUT2D eigenvalue weighted by molar-refractivity contribution is 0.548. The topological polar surface area (TPSA) is 12.0 Å². The summed E-state index contributed by atoms with van der Waals surface area (Å²) in [6.45, 7) is 6.50. The van der Waals surface area contributed by atoms with E-state index in [1.165, 1.54) is 27.8 Å². The van der Waals surface area contributed by atoms with Crippen molar-refractivity contribution < 1.29 is 0 Å². The summed E-state index contributed by atoms with van der Waals surface area (Å²) in [5.41, 5.74) is 6.86. The van der Waals surface area contributed by atoms with E-state index < -0.39 is 0 Å². The van der Waals surface area contributed by atoms with Crippen LogP contribution in [-0.4, -0.2) is 7.05 Å². The molecular weight excluding hydrogens is 242 g/mol. The van der Waals surface area contributed by atoms with E-state index in [9.17, 15) is 0 Å². The van der Waals surface area contributed by atoms with E-state index in [-0.39, 0.29) is 0 Å². The number of aryl methyl sites for hydroxylation is 4. The molecule has 1 nitrogen and oxygen atoms in total. The van der Waals surface area contributed by atoms with Crippen LogP contribution in [0.4, 0.5) is 0 Å². The Hall–Kier alpha value is -1.60. The highest BCUT2D eigenvalue weighted by molar-refractivity contribution is 5.31. The molecular formula is C19H25N. The van der Waals surface area contributed by atoms with E-state index in [4.69, 9.17) is 0 Å². The van der Waals surface area contributed by atoms with Crippen LogP contribution in [0.25, 0.3) is 0 Å². The van der Waals surface area contributed by atoms with Crippen molar-refractivity contribution in [2.24, 2.45) is 0 Å². The van der Waals surface area contributed by atoms with Gasteiger partial charge in [-0.25, -0.2) is 0 Å². The average molecular weight is 267 g/mol. The number of benzene rings is 2. The second kappa shape index (κ2) is 6.71. The first-order valence-electron chi connectivity index (χ1n) is 7.39. The lowest BCUT2D eigenvalue weighted by Crippen LogP contribution is -2.17. The van der Waals surface area contributed by atoms with Crippen molar-refractivity contribution >= 4 is 0 Å². The molecule has 0 amide bonds. The van der Waals surface area contributed by atoms with Gasteiger partial charge >= 0.3 is 0 Å². The molecule has 1 unspecified atom stereocenters. The Balaban J connectivity index is 2.09. The van der Waals surface area contributed by atoms with Gasteiger partial charge in [-0.1, -0.05) is 59.2 Å². The van der Waals surface area contributed by atoms with Crippen molar-refractivity contribution in [2.45, 2.75) is 39.7 Å². The molecule has 1 heteroatoms. The van der Waals surface area contributed by atoms with Gasteiger partial charge in [0.2, 0.25) is 0 Å². The smallest absolute Gasteiger partial charge is 0.0320 e. The third kappa shape index (κ3) is 3.94. The fourth-order valence-corrected chi connectivity index (χ4v) is 2.87. The van der Waals surface area contributed by atoms with Gasteiger partial charge in [-0.15, -0.1) is 0 Å². The van der Waals surface area contributed by atoms with E-state index in [0.717, 1.165) is 12.8 Å². The van der Waals surface area contributed by atoms with Gasteiger partial charge in [0.25, 0.3) is 0 Å². The minimum atomic E-state index is 0.425. The summed E-state index contributed by atoms with van der Waals surface area (Å²) in [6, 6.07) is 16.1. The largest absolute Gasteiger partial charge is 0.313 e. The summed E-state index contributed by atoms with van der Waals surface area (Å²) in [5.74, 6) is 0. The van der Waals surface area contributed by atoms with Gasteiger partial charge in [0.1, 0.15) is 0 Å². The Bertz CT molecular complexity index is 551. The van der Waals surface area contributed by atoms with Gasteiger partial charge in [0.15, 0.2) is 0 Å². The van der Waals surface area contributed by atoms with Crippen LogP contribution in [0.5, 0.6) is 0 Å². The fraction of sp³-hybridized carbons (Fsp3) is 0.368. The van der Waals surface area contributed by atoms with E-state index in [1.54, 1.807) is 0 Å². The summed E-state index contributed by atoms with van der Waals surface area (Å²) in [7, 11) is 2.05. The van der Waals surface area contributed by atoms with Crippen molar-refractivity contribution in [1.29, 1.82) is 0 Å². The summed E-state index contributed by atoms with van der Waals surface area (Å²) in [4.78, 5) is 0. The van der Waals surface area contributed by atoms with E-state index in [1.807, 2.05) is 0 Å². The molecule has 0 saturated heterocycles. The second-order valence-corrected chi connectivity index (χ2v) is 5.79. The molecule has 106 valence electrons. The first-order chi connectivity index (χ1) is 9.58. The highest BCUT2D eigenvalue weighted by Gasteiger charge is 2.10. The number of nitrogens with one attached hydrogen (secondary N) is 1. The molecule has 0 aliphatic rings. The molecule has 0 aromatic heterocycles. The molecule has 0 aliphatic carbocycles. The molecule has 2 aromatic rings. The summed E-state index contributed by atoms with van der Waals surface area (Å²) in [5, 5.41) is 3.46. The Morgan fingerprint density at radius 2 is 1.60 bits per heavy atom.